The van der Waals surface area contributed by atoms with Crippen molar-refractivity contribution in [2.24, 2.45) is 0 Å². The summed E-state index contributed by atoms with van der Waals surface area (Å²) in [6, 6.07) is 5.98. The van der Waals surface area contributed by atoms with Crippen LogP contribution >= 0.6 is 11.6 Å². The third-order valence-electron chi connectivity index (χ3n) is 3.85. The van der Waals surface area contributed by atoms with Crippen molar-refractivity contribution in [1.82, 2.24) is 0 Å². The van der Waals surface area contributed by atoms with Gasteiger partial charge in [0.1, 0.15) is 5.75 Å². The molecule has 2 nitrogen and oxygen atoms in total. The maximum absolute atomic E-state index is 10.9. The highest BCUT2D eigenvalue weighted by atomic mass is 35.5. The second-order valence-electron chi connectivity index (χ2n) is 5.02. The summed E-state index contributed by atoms with van der Waals surface area (Å²) in [5, 5.41) is 10.9. The van der Waals surface area contributed by atoms with E-state index in [9.17, 15) is 5.11 Å². The van der Waals surface area contributed by atoms with E-state index in [1.165, 1.54) is 5.56 Å². The third kappa shape index (κ3) is 2.65. The van der Waals surface area contributed by atoms with Crippen molar-refractivity contribution in [2.45, 2.75) is 44.1 Å². The van der Waals surface area contributed by atoms with Gasteiger partial charge in [-0.1, -0.05) is 12.1 Å². The number of alkyl halides is 1. The van der Waals surface area contributed by atoms with Gasteiger partial charge in [0.2, 0.25) is 0 Å². The first-order chi connectivity index (χ1) is 8.71. The summed E-state index contributed by atoms with van der Waals surface area (Å²) in [7, 11) is 1.69. The van der Waals surface area contributed by atoms with E-state index in [4.69, 9.17) is 16.3 Å². The van der Waals surface area contributed by atoms with Gasteiger partial charge >= 0.3 is 0 Å². The average Bonchev–Trinajstić information content (AvgIpc) is 2.39. The van der Waals surface area contributed by atoms with E-state index >= 15 is 0 Å². The van der Waals surface area contributed by atoms with Crippen molar-refractivity contribution in [3.8, 4) is 5.75 Å². The van der Waals surface area contributed by atoms with Crippen LogP contribution in [0.3, 0.4) is 0 Å². The number of hydrogen-bond donors (Lipinski definition) is 1. The fraction of sp³-hybridized carbons (Fsp3) is 0.600. The van der Waals surface area contributed by atoms with Gasteiger partial charge in [0.05, 0.1) is 12.7 Å². The van der Waals surface area contributed by atoms with Crippen molar-refractivity contribution in [1.29, 1.82) is 0 Å². The number of ether oxygens (including phenoxy) is 1. The zero-order valence-electron chi connectivity index (χ0n) is 10.9. The highest BCUT2D eigenvalue weighted by Crippen LogP contribution is 2.42. The molecule has 0 fully saturated rings. The summed E-state index contributed by atoms with van der Waals surface area (Å²) in [5.41, 5.74) is 1.55. The predicted molar refractivity (Wildman–Crippen MR) is 74.4 cm³/mol. The third-order valence-corrected chi connectivity index (χ3v) is 4.11. The van der Waals surface area contributed by atoms with Gasteiger partial charge in [-0.25, -0.2) is 0 Å². The van der Waals surface area contributed by atoms with Crippen LogP contribution < -0.4 is 4.74 Å². The molecule has 1 N–H and O–H groups in total. The number of halogens is 1. The summed E-state index contributed by atoms with van der Waals surface area (Å²) in [6.45, 7) is 0. The first-order valence-corrected chi connectivity index (χ1v) is 7.19. The van der Waals surface area contributed by atoms with Crippen molar-refractivity contribution in [3.05, 3.63) is 29.3 Å². The van der Waals surface area contributed by atoms with Gasteiger partial charge in [-0.05, 0) is 50.2 Å². The second kappa shape index (κ2) is 5.94. The molecule has 1 aliphatic carbocycles. The van der Waals surface area contributed by atoms with Crippen LogP contribution in [0, 0.1) is 0 Å². The largest absolute Gasteiger partial charge is 0.496 e. The van der Waals surface area contributed by atoms with Crippen LogP contribution in [0.1, 0.15) is 43.2 Å². The Labute approximate surface area is 114 Å². The molecule has 1 aromatic rings. The summed E-state index contributed by atoms with van der Waals surface area (Å²) >= 11 is 5.71. The number of rotatable bonds is 5. The van der Waals surface area contributed by atoms with E-state index in [0.29, 0.717) is 5.88 Å². The van der Waals surface area contributed by atoms with Gasteiger partial charge in [0.15, 0.2) is 0 Å². The lowest BCUT2D eigenvalue weighted by Gasteiger charge is -2.35. The molecule has 0 saturated heterocycles. The molecule has 0 radical (unpaired) electrons. The average molecular weight is 269 g/mol. The maximum atomic E-state index is 10.9. The van der Waals surface area contributed by atoms with Crippen molar-refractivity contribution < 1.29 is 9.84 Å². The number of hydrogen-bond acceptors (Lipinski definition) is 2. The summed E-state index contributed by atoms with van der Waals surface area (Å²) in [5.74, 6) is 1.57. The molecule has 0 spiro atoms. The maximum Gasteiger partial charge on any atom is 0.122 e. The molecule has 2 rings (SSSR count). The molecule has 1 aromatic carbocycles. The Balaban J connectivity index is 2.26. The number of benzene rings is 1. The van der Waals surface area contributed by atoms with Crippen molar-refractivity contribution in [3.63, 3.8) is 0 Å². The quantitative estimate of drug-likeness (QED) is 0.653. The Morgan fingerprint density at radius 1 is 1.39 bits per heavy atom. The number of unbranched alkanes of at least 4 members (excludes halogenated alkanes) is 1. The van der Waals surface area contributed by atoms with E-state index in [1.807, 2.05) is 18.2 Å². The summed E-state index contributed by atoms with van der Waals surface area (Å²) in [6.07, 6.45) is 5.58. The number of fused-ring (bicyclic) bond motifs is 1. The minimum atomic E-state index is -0.686. The first-order valence-electron chi connectivity index (χ1n) is 6.66. The molecule has 1 unspecified atom stereocenters. The van der Waals surface area contributed by atoms with Crippen LogP contribution in [0.2, 0.25) is 0 Å². The van der Waals surface area contributed by atoms with E-state index in [-0.39, 0.29) is 0 Å². The first kappa shape index (κ1) is 13.7. The highest BCUT2D eigenvalue weighted by Gasteiger charge is 2.34. The number of aliphatic hydroxyl groups is 1. The lowest BCUT2D eigenvalue weighted by atomic mass is 9.76. The van der Waals surface area contributed by atoms with E-state index < -0.39 is 5.60 Å². The topological polar surface area (TPSA) is 29.5 Å². The molecule has 3 heteroatoms. The van der Waals surface area contributed by atoms with Gasteiger partial charge < -0.3 is 9.84 Å². The molecule has 0 aromatic heterocycles. The molecule has 0 amide bonds. The number of methoxy groups -OCH3 is 1. The Morgan fingerprint density at radius 3 is 2.94 bits per heavy atom. The predicted octanol–water partition coefficient (Wildman–Crippen LogP) is 3.63. The van der Waals surface area contributed by atoms with Gasteiger partial charge in [-0.15, -0.1) is 11.6 Å². The molecule has 0 bridgehead atoms. The van der Waals surface area contributed by atoms with Gasteiger partial charge in [0.25, 0.3) is 0 Å². The lowest BCUT2D eigenvalue weighted by Crippen LogP contribution is -2.30. The smallest absolute Gasteiger partial charge is 0.122 e. The van der Waals surface area contributed by atoms with E-state index in [1.54, 1.807) is 7.11 Å². The molecule has 18 heavy (non-hydrogen) atoms. The van der Waals surface area contributed by atoms with Crippen LogP contribution in [-0.4, -0.2) is 18.1 Å². The second-order valence-corrected chi connectivity index (χ2v) is 5.40. The molecule has 1 atom stereocenters. The Morgan fingerprint density at radius 2 is 2.22 bits per heavy atom. The van der Waals surface area contributed by atoms with Crippen LogP contribution in [0.5, 0.6) is 5.75 Å². The summed E-state index contributed by atoms with van der Waals surface area (Å²) in [4.78, 5) is 0. The van der Waals surface area contributed by atoms with Crippen molar-refractivity contribution in [2.75, 3.05) is 13.0 Å². The molecule has 0 heterocycles. The van der Waals surface area contributed by atoms with Crippen molar-refractivity contribution >= 4 is 11.6 Å². The zero-order valence-corrected chi connectivity index (χ0v) is 11.7. The van der Waals surface area contributed by atoms with Crippen LogP contribution in [-0.2, 0) is 12.0 Å². The minimum absolute atomic E-state index is 0.668. The fourth-order valence-corrected chi connectivity index (χ4v) is 3.10. The molecule has 0 saturated carbocycles. The molecule has 1 aliphatic rings. The Bertz CT molecular complexity index is 405. The lowest BCUT2D eigenvalue weighted by molar-refractivity contribution is 0.00765. The van der Waals surface area contributed by atoms with Crippen LogP contribution in [0.25, 0.3) is 0 Å². The van der Waals surface area contributed by atoms with E-state index in [0.717, 1.165) is 49.8 Å². The Kier molecular flexibility index (Phi) is 4.52. The van der Waals surface area contributed by atoms with Gasteiger partial charge in [-0.2, -0.15) is 0 Å². The standard InChI is InChI=1S/C15H21ClO2/c1-18-14-8-4-7-13-12(14)6-5-10-15(13,17)9-2-3-11-16/h4,7-8,17H,2-3,5-6,9-11H2,1H3. The fourth-order valence-electron chi connectivity index (χ4n) is 2.91. The molecular weight excluding hydrogens is 248 g/mol. The van der Waals surface area contributed by atoms with Gasteiger partial charge in [-0.3, -0.25) is 0 Å². The molecular formula is C15H21ClO2. The van der Waals surface area contributed by atoms with Crippen LogP contribution in [0.15, 0.2) is 18.2 Å². The zero-order chi connectivity index (χ0) is 13.0. The van der Waals surface area contributed by atoms with Crippen LogP contribution in [0.4, 0.5) is 0 Å². The van der Waals surface area contributed by atoms with Gasteiger partial charge in [0, 0.05) is 11.4 Å². The van der Waals surface area contributed by atoms with E-state index in [2.05, 4.69) is 0 Å². The Hall–Kier alpha value is -0.730. The summed E-state index contributed by atoms with van der Waals surface area (Å²) < 4.78 is 5.40. The molecule has 0 aliphatic heterocycles. The molecule has 100 valence electrons. The SMILES string of the molecule is COc1cccc2c1CCCC2(O)CCCCCl. The highest BCUT2D eigenvalue weighted by molar-refractivity contribution is 6.17. The monoisotopic (exact) mass is 268 g/mol. The normalized spacial score (nSPS) is 22.6. The minimum Gasteiger partial charge on any atom is -0.496 e.